The van der Waals surface area contributed by atoms with Crippen molar-refractivity contribution < 1.29 is 9.18 Å². The lowest BCUT2D eigenvalue weighted by atomic mass is 9.94. The van der Waals surface area contributed by atoms with Crippen LogP contribution in [0.15, 0.2) is 24.3 Å². The normalized spacial score (nSPS) is 19.1. The van der Waals surface area contributed by atoms with E-state index in [1.807, 2.05) is 0 Å². The van der Waals surface area contributed by atoms with Gasteiger partial charge in [-0.3, -0.25) is 4.79 Å². The van der Waals surface area contributed by atoms with E-state index >= 15 is 0 Å². The molecule has 1 amide bonds. The van der Waals surface area contributed by atoms with E-state index in [9.17, 15) is 9.18 Å². The Morgan fingerprint density at radius 1 is 1.47 bits per heavy atom. The molecule has 2 rings (SSSR count). The number of hydrogen-bond donors (Lipinski definition) is 2. The van der Waals surface area contributed by atoms with E-state index in [4.69, 9.17) is 5.73 Å². The molecule has 1 saturated carbocycles. The van der Waals surface area contributed by atoms with Crippen LogP contribution in [0.3, 0.4) is 0 Å². The Morgan fingerprint density at radius 2 is 2.16 bits per heavy atom. The van der Waals surface area contributed by atoms with Crippen LogP contribution in [0, 0.1) is 5.82 Å². The molecule has 0 radical (unpaired) electrons. The minimum atomic E-state index is -0.361. The monoisotopic (exact) mass is 264 g/mol. The fourth-order valence-electron chi connectivity index (χ4n) is 2.73. The number of nitrogens with one attached hydrogen (secondary N) is 1. The summed E-state index contributed by atoms with van der Waals surface area (Å²) in [5.74, 6) is -0.746. The highest BCUT2D eigenvalue weighted by atomic mass is 19.1. The molecule has 3 N–H and O–H groups in total. The molecule has 0 saturated heterocycles. The summed E-state index contributed by atoms with van der Waals surface area (Å²) in [6, 6.07) is 6.19. The number of halogens is 1. The van der Waals surface area contributed by atoms with Gasteiger partial charge in [-0.15, -0.1) is 0 Å². The first-order valence-corrected chi connectivity index (χ1v) is 6.84. The average molecular weight is 264 g/mol. The van der Waals surface area contributed by atoms with Crippen molar-refractivity contribution in [1.82, 2.24) is 5.32 Å². The fraction of sp³-hybridized carbons (Fsp3) is 0.533. The van der Waals surface area contributed by atoms with Gasteiger partial charge in [-0.1, -0.05) is 25.0 Å². The van der Waals surface area contributed by atoms with Gasteiger partial charge in [0.2, 0.25) is 5.91 Å². The van der Waals surface area contributed by atoms with Crippen LogP contribution in [-0.2, 0) is 4.79 Å². The van der Waals surface area contributed by atoms with Crippen molar-refractivity contribution in [3.63, 3.8) is 0 Å². The Labute approximate surface area is 113 Å². The van der Waals surface area contributed by atoms with E-state index in [0.717, 1.165) is 25.7 Å². The van der Waals surface area contributed by atoms with Crippen LogP contribution < -0.4 is 11.1 Å². The maximum atomic E-state index is 13.2. The van der Waals surface area contributed by atoms with Crippen LogP contribution in [0.2, 0.25) is 0 Å². The predicted octanol–water partition coefficient (Wildman–Crippen LogP) is 2.32. The molecule has 1 aromatic carbocycles. The summed E-state index contributed by atoms with van der Waals surface area (Å²) < 4.78 is 13.2. The molecule has 0 spiro atoms. The Hall–Kier alpha value is -1.42. The number of benzene rings is 1. The second-order valence-corrected chi connectivity index (χ2v) is 5.46. The smallest absolute Gasteiger partial charge is 0.227 e. The zero-order chi connectivity index (χ0) is 13.9. The number of amides is 1. The summed E-state index contributed by atoms with van der Waals surface area (Å²) >= 11 is 0. The van der Waals surface area contributed by atoms with E-state index in [0.29, 0.717) is 12.1 Å². The minimum absolute atomic E-state index is 0.0713. The van der Waals surface area contributed by atoms with Crippen LogP contribution in [-0.4, -0.2) is 18.0 Å². The predicted molar refractivity (Wildman–Crippen MR) is 73.2 cm³/mol. The minimum Gasteiger partial charge on any atom is -0.349 e. The van der Waals surface area contributed by atoms with E-state index in [1.54, 1.807) is 19.1 Å². The van der Waals surface area contributed by atoms with E-state index < -0.39 is 0 Å². The molecule has 0 bridgehead atoms. The van der Waals surface area contributed by atoms with E-state index in [1.165, 1.54) is 12.1 Å². The maximum absolute atomic E-state index is 13.2. The first-order valence-electron chi connectivity index (χ1n) is 6.84. The number of carbonyl (C=O) groups excluding carboxylic acids is 1. The van der Waals surface area contributed by atoms with Crippen molar-refractivity contribution in [3.8, 4) is 0 Å². The van der Waals surface area contributed by atoms with Gasteiger partial charge in [0, 0.05) is 6.54 Å². The van der Waals surface area contributed by atoms with Crippen molar-refractivity contribution in [3.05, 3.63) is 35.6 Å². The van der Waals surface area contributed by atoms with Crippen LogP contribution in [0.5, 0.6) is 0 Å². The molecule has 1 aliphatic rings. The lowest BCUT2D eigenvalue weighted by molar-refractivity contribution is -0.124. The summed E-state index contributed by atoms with van der Waals surface area (Å²) in [7, 11) is 0. The summed E-state index contributed by atoms with van der Waals surface area (Å²) in [4.78, 5) is 12.3. The van der Waals surface area contributed by atoms with Crippen molar-refractivity contribution >= 4 is 5.91 Å². The Balaban J connectivity index is 2.07. The first kappa shape index (κ1) is 14.0. The highest BCUT2D eigenvalue weighted by molar-refractivity contribution is 5.84. The fourth-order valence-corrected chi connectivity index (χ4v) is 2.73. The molecule has 1 atom stereocenters. The van der Waals surface area contributed by atoms with Crippen molar-refractivity contribution in [1.29, 1.82) is 0 Å². The molecule has 0 aliphatic heterocycles. The molecule has 19 heavy (non-hydrogen) atoms. The largest absolute Gasteiger partial charge is 0.349 e. The first-order chi connectivity index (χ1) is 9.06. The van der Waals surface area contributed by atoms with Gasteiger partial charge in [0.1, 0.15) is 5.82 Å². The Bertz CT molecular complexity index is 455. The number of nitrogens with two attached hydrogens (primary N) is 1. The van der Waals surface area contributed by atoms with Crippen molar-refractivity contribution in [2.75, 3.05) is 6.54 Å². The summed E-state index contributed by atoms with van der Waals surface area (Å²) in [6.07, 6.45) is 4.08. The van der Waals surface area contributed by atoms with Gasteiger partial charge in [0.15, 0.2) is 0 Å². The summed E-state index contributed by atoms with van der Waals surface area (Å²) in [6.45, 7) is 2.26. The SMILES string of the molecule is CC(C(=O)NC1(CN)CCCC1)c1cccc(F)c1. The molecule has 0 heterocycles. The van der Waals surface area contributed by atoms with Gasteiger partial charge in [-0.05, 0) is 37.5 Å². The molecule has 3 nitrogen and oxygen atoms in total. The van der Waals surface area contributed by atoms with Gasteiger partial charge in [-0.2, -0.15) is 0 Å². The summed E-state index contributed by atoms with van der Waals surface area (Å²) in [5.41, 5.74) is 6.25. The standard InChI is InChI=1S/C15H21FN2O/c1-11(12-5-4-6-13(16)9-12)14(19)18-15(10-17)7-2-3-8-15/h4-6,9,11H,2-3,7-8,10,17H2,1H3,(H,18,19). The molecule has 0 aromatic heterocycles. The summed E-state index contributed by atoms with van der Waals surface area (Å²) in [5, 5.41) is 3.07. The van der Waals surface area contributed by atoms with Crippen LogP contribution >= 0.6 is 0 Å². The van der Waals surface area contributed by atoms with Gasteiger partial charge >= 0.3 is 0 Å². The molecular weight excluding hydrogens is 243 g/mol. The zero-order valence-electron chi connectivity index (χ0n) is 11.3. The third-order valence-corrected chi connectivity index (χ3v) is 4.08. The van der Waals surface area contributed by atoms with Gasteiger partial charge < -0.3 is 11.1 Å². The van der Waals surface area contributed by atoms with Crippen molar-refractivity contribution in [2.45, 2.75) is 44.1 Å². The number of rotatable bonds is 4. The van der Waals surface area contributed by atoms with Gasteiger partial charge in [-0.25, -0.2) is 4.39 Å². The second kappa shape index (κ2) is 5.70. The highest BCUT2D eigenvalue weighted by Crippen LogP contribution is 2.29. The second-order valence-electron chi connectivity index (χ2n) is 5.46. The maximum Gasteiger partial charge on any atom is 0.227 e. The molecule has 1 fully saturated rings. The topological polar surface area (TPSA) is 55.1 Å². The molecule has 104 valence electrons. The lowest BCUT2D eigenvalue weighted by Gasteiger charge is -2.30. The molecule has 1 unspecified atom stereocenters. The third kappa shape index (κ3) is 3.13. The van der Waals surface area contributed by atoms with Crippen molar-refractivity contribution in [2.24, 2.45) is 5.73 Å². The Morgan fingerprint density at radius 3 is 2.74 bits per heavy atom. The van der Waals surface area contributed by atoms with Gasteiger partial charge in [0.05, 0.1) is 11.5 Å². The van der Waals surface area contributed by atoms with Crippen LogP contribution in [0.4, 0.5) is 4.39 Å². The van der Waals surface area contributed by atoms with Crippen LogP contribution in [0.25, 0.3) is 0 Å². The average Bonchev–Trinajstić information content (AvgIpc) is 2.87. The Kier molecular flexibility index (Phi) is 4.20. The van der Waals surface area contributed by atoms with E-state index in [2.05, 4.69) is 5.32 Å². The molecule has 1 aliphatic carbocycles. The number of carbonyl (C=O) groups is 1. The van der Waals surface area contributed by atoms with Gasteiger partial charge in [0.25, 0.3) is 0 Å². The highest BCUT2D eigenvalue weighted by Gasteiger charge is 2.35. The molecule has 1 aromatic rings. The third-order valence-electron chi connectivity index (χ3n) is 4.08. The lowest BCUT2D eigenvalue weighted by Crippen LogP contribution is -2.52. The number of hydrogen-bond acceptors (Lipinski definition) is 2. The molecule has 4 heteroatoms. The molecular formula is C15H21FN2O. The van der Waals surface area contributed by atoms with E-state index in [-0.39, 0.29) is 23.2 Å². The van der Waals surface area contributed by atoms with Crippen LogP contribution in [0.1, 0.15) is 44.1 Å². The quantitative estimate of drug-likeness (QED) is 0.877. The zero-order valence-corrected chi connectivity index (χ0v) is 11.3.